The summed E-state index contributed by atoms with van der Waals surface area (Å²) in [6.45, 7) is 16.7. The van der Waals surface area contributed by atoms with Gasteiger partial charge in [-0.05, 0) is 61.7 Å². The van der Waals surface area contributed by atoms with Gasteiger partial charge in [-0.1, -0.05) is 524 Å². The van der Waals surface area contributed by atoms with E-state index in [0.717, 1.165) is 5.92 Å². The maximum absolute atomic E-state index is 2.40. The van der Waals surface area contributed by atoms with E-state index in [1.54, 1.807) is 44.9 Å². The first-order valence-corrected chi connectivity index (χ1v) is 45.1. The molecule has 91 heavy (non-hydrogen) atoms. The third-order valence-corrected chi connectivity index (χ3v) is 23.6. The highest BCUT2D eigenvalue weighted by Gasteiger charge is 2.52. The molecule has 548 valence electrons. The summed E-state index contributed by atoms with van der Waals surface area (Å²) >= 11 is 0. The van der Waals surface area contributed by atoms with Crippen molar-refractivity contribution in [2.75, 3.05) is 0 Å². The monoisotopic (exact) mass is 1280 g/mol. The molecular formula is C91H184. The average Bonchev–Trinajstić information content (AvgIpc) is 0.765. The molecule has 0 heterocycles. The van der Waals surface area contributed by atoms with Gasteiger partial charge in [0.15, 0.2) is 0 Å². The van der Waals surface area contributed by atoms with Crippen LogP contribution in [-0.4, -0.2) is 0 Å². The Labute approximate surface area is 582 Å². The second kappa shape index (κ2) is 77.4. The van der Waals surface area contributed by atoms with Gasteiger partial charge in [0.2, 0.25) is 0 Å². The van der Waals surface area contributed by atoms with Gasteiger partial charge in [-0.2, -0.15) is 0 Å². The topological polar surface area (TPSA) is 0 Å². The van der Waals surface area contributed by atoms with Crippen LogP contribution in [0.2, 0.25) is 0 Å². The zero-order valence-corrected chi connectivity index (χ0v) is 65.9. The lowest BCUT2D eigenvalue weighted by Gasteiger charge is -2.57. The Balaban J connectivity index is 7.61. The highest BCUT2D eigenvalue weighted by Crippen LogP contribution is 2.62. The van der Waals surface area contributed by atoms with E-state index in [9.17, 15) is 0 Å². The van der Waals surface area contributed by atoms with Crippen LogP contribution >= 0.6 is 0 Å². The molecule has 0 N–H and O–H groups in total. The second-order valence-electron chi connectivity index (χ2n) is 32.1. The zero-order chi connectivity index (χ0) is 65.9. The molecule has 0 fully saturated rings. The lowest BCUT2D eigenvalue weighted by molar-refractivity contribution is -0.0763. The van der Waals surface area contributed by atoms with Crippen LogP contribution in [0.3, 0.4) is 0 Å². The van der Waals surface area contributed by atoms with Crippen molar-refractivity contribution in [3.8, 4) is 0 Å². The predicted molar refractivity (Wildman–Crippen MR) is 422 cm³/mol. The van der Waals surface area contributed by atoms with Crippen molar-refractivity contribution in [3.63, 3.8) is 0 Å². The summed E-state index contributed by atoms with van der Waals surface area (Å²) in [5, 5.41) is 0. The van der Waals surface area contributed by atoms with E-state index in [4.69, 9.17) is 0 Å². The van der Waals surface area contributed by atoms with Crippen LogP contribution in [0.25, 0.3) is 0 Å². The van der Waals surface area contributed by atoms with Crippen LogP contribution in [0.15, 0.2) is 0 Å². The van der Waals surface area contributed by atoms with Gasteiger partial charge in [-0.25, -0.2) is 0 Å². The van der Waals surface area contributed by atoms with Crippen molar-refractivity contribution >= 4 is 0 Å². The van der Waals surface area contributed by atoms with Gasteiger partial charge in [-0.3, -0.25) is 0 Å². The maximum atomic E-state index is 2.40. The Morgan fingerprint density at radius 3 is 0.407 bits per heavy atom. The van der Waals surface area contributed by atoms with Gasteiger partial charge in [0.25, 0.3) is 0 Å². The molecule has 3 atom stereocenters. The van der Waals surface area contributed by atoms with Crippen LogP contribution < -0.4 is 0 Å². The third kappa shape index (κ3) is 59.8. The molecule has 0 nitrogen and oxygen atoms in total. The highest BCUT2D eigenvalue weighted by molar-refractivity contribution is 5.02. The molecule has 0 aromatic carbocycles. The van der Waals surface area contributed by atoms with Crippen molar-refractivity contribution < 1.29 is 0 Å². The van der Waals surface area contributed by atoms with Crippen molar-refractivity contribution in [2.45, 2.75) is 569 Å². The minimum absolute atomic E-state index is 0.515. The highest BCUT2D eigenvalue weighted by atomic mass is 14.6. The summed E-state index contributed by atoms with van der Waals surface area (Å²) < 4.78 is 0. The minimum Gasteiger partial charge on any atom is -0.0654 e. The van der Waals surface area contributed by atoms with Gasteiger partial charge < -0.3 is 0 Å². The number of hydrogen-bond acceptors (Lipinski definition) is 0. The molecule has 0 aromatic heterocycles. The summed E-state index contributed by atoms with van der Waals surface area (Å²) in [5.74, 6) is 0.936. The van der Waals surface area contributed by atoms with E-state index in [-0.39, 0.29) is 0 Å². The van der Waals surface area contributed by atoms with Crippen LogP contribution in [0.4, 0.5) is 0 Å². The lowest BCUT2D eigenvalue weighted by Crippen LogP contribution is -2.48. The van der Waals surface area contributed by atoms with Crippen molar-refractivity contribution in [1.29, 1.82) is 0 Å². The Morgan fingerprint density at radius 1 is 0.132 bits per heavy atom. The molecule has 0 radical (unpaired) electrons. The molecule has 0 aliphatic carbocycles. The first-order valence-electron chi connectivity index (χ1n) is 45.1. The molecule has 0 spiro atoms. The number of unbranched alkanes of at least 4 members (excludes halogenated alkanes) is 67. The van der Waals surface area contributed by atoms with Gasteiger partial charge in [0.1, 0.15) is 0 Å². The fraction of sp³-hybridized carbons (Fsp3) is 1.00. The number of rotatable bonds is 83. The summed E-state index contributed by atoms with van der Waals surface area (Å²) in [5.41, 5.74) is 1.03. The molecule has 3 unspecified atom stereocenters. The zero-order valence-electron chi connectivity index (χ0n) is 65.9. The fourth-order valence-corrected chi connectivity index (χ4v) is 17.5. The minimum atomic E-state index is 0.515. The Kier molecular flexibility index (Phi) is 77.4. The van der Waals surface area contributed by atoms with E-state index < -0.39 is 0 Å². The van der Waals surface area contributed by atoms with E-state index in [2.05, 4.69) is 48.5 Å². The van der Waals surface area contributed by atoms with Crippen molar-refractivity contribution in [2.24, 2.45) is 16.7 Å². The molecule has 0 aliphatic rings. The Hall–Kier alpha value is 0. The molecule has 0 amide bonds. The maximum Gasteiger partial charge on any atom is -0.0213 e. The normalized spacial score (nSPS) is 13.6. The standard InChI is InChI=1S/C91H184/c1-8-15-22-29-36-43-48-50-54-59-65-72-79-86-90(84-77-70-63-57-52-46-39-32-25-18-11-4,85-78-71-64-58-53-49-44-37-30-23-16-9-2)91(87-80-73-66-56-41-34-27-20-13-6,88-81-74-67-60-47-40-33-26-19-12-5)89(82-75-68-61-42-35-28-21-14-7)83-76-69-62-55-51-45-38-31-24-17-10-3/h89H,8-88H2,1-7H3. The summed E-state index contributed by atoms with van der Waals surface area (Å²) in [7, 11) is 0. The van der Waals surface area contributed by atoms with E-state index in [0.29, 0.717) is 10.8 Å². The quantitative estimate of drug-likeness (QED) is 0.0533. The van der Waals surface area contributed by atoms with E-state index in [1.807, 2.05) is 0 Å². The van der Waals surface area contributed by atoms with Gasteiger partial charge in [0, 0.05) is 0 Å². The van der Waals surface area contributed by atoms with Gasteiger partial charge in [-0.15, -0.1) is 0 Å². The summed E-state index contributed by atoms with van der Waals surface area (Å²) in [6.07, 6.45) is 121. The molecule has 0 aromatic rings. The summed E-state index contributed by atoms with van der Waals surface area (Å²) in [6, 6.07) is 0. The SMILES string of the molecule is CCCCCCCCCCCCCCCC(CCCCCCCCCCCCC)(CCCCCCCCCCCCCC)C(CCCCCCCCCCC)(CCCCCCCCCCCC)C(CCCCCCCCCC)CCCCCCCCCCCCC. The van der Waals surface area contributed by atoms with Crippen molar-refractivity contribution in [1.82, 2.24) is 0 Å². The molecule has 0 bridgehead atoms. The molecule has 0 aliphatic heterocycles. The van der Waals surface area contributed by atoms with E-state index in [1.165, 1.54) is 475 Å². The van der Waals surface area contributed by atoms with Gasteiger partial charge in [0.05, 0.1) is 0 Å². The molecule has 0 saturated heterocycles. The van der Waals surface area contributed by atoms with Crippen LogP contribution in [-0.2, 0) is 0 Å². The third-order valence-electron chi connectivity index (χ3n) is 23.6. The first kappa shape index (κ1) is 91.0. The average molecular weight is 1280 g/mol. The molecule has 0 rings (SSSR count). The fourth-order valence-electron chi connectivity index (χ4n) is 17.5. The molecular weight excluding hydrogens is 1090 g/mol. The number of hydrogen-bond donors (Lipinski definition) is 0. The Morgan fingerprint density at radius 2 is 0.253 bits per heavy atom. The van der Waals surface area contributed by atoms with Crippen LogP contribution in [0.1, 0.15) is 569 Å². The Bertz CT molecular complexity index is 1260. The molecule has 0 heteroatoms. The molecule has 0 saturated carbocycles. The smallest absolute Gasteiger partial charge is 0.0213 e. The lowest BCUT2D eigenvalue weighted by atomic mass is 9.47. The summed E-state index contributed by atoms with van der Waals surface area (Å²) in [4.78, 5) is 0. The van der Waals surface area contributed by atoms with Crippen LogP contribution in [0.5, 0.6) is 0 Å². The largest absolute Gasteiger partial charge is 0.0654 e. The first-order chi connectivity index (χ1) is 45.1. The van der Waals surface area contributed by atoms with Crippen LogP contribution in [0, 0.1) is 16.7 Å². The second-order valence-corrected chi connectivity index (χ2v) is 32.1. The van der Waals surface area contributed by atoms with E-state index >= 15 is 0 Å². The predicted octanol–water partition coefficient (Wildman–Crippen LogP) is 35.3. The van der Waals surface area contributed by atoms with Crippen molar-refractivity contribution in [3.05, 3.63) is 0 Å². The van der Waals surface area contributed by atoms with Gasteiger partial charge >= 0.3 is 0 Å².